The molecule has 1 aliphatic heterocycles. The van der Waals surface area contributed by atoms with E-state index in [-0.39, 0.29) is 29.1 Å². The summed E-state index contributed by atoms with van der Waals surface area (Å²) in [4.78, 5) is 14.7. The minimum absolute atomic E-state index is 0.0368. The summed E-state index contributed by atoms with van der Waals surface area (Å²) < 4.78 is 27.6. The molecule has 0 saturated carbocycles. The maximum atomic E-state index is 11.9. The summed E-state index contributed by atoms with van der Waals surface area (Å²) in [6.07, 6.45) is 1.44. The first-order valence-electron chi connectivity index (χ1n) is 4.86. The minimum atomic E-state index is -3.78. The molecule has 0 spiro atoms. The first-order chi connectivity index (χ1) is 7.90. The predicted molar refractivity (Wildman–Crippen MR) is 60.0 cm³/mol. The number of halogens is 1. The van der Waals surface area contributed by atoms with Crippen molar-refractivity contribution in [2.24, 2.45) is 7.05 Å². The normalized spacial score (nSPS) is 20.6. The van der Waals surface area contributed by atoms with Crippen LogP contribution in [0.2, 0.25) is 5.15 Å². The Morgan fingerprint density at radius 3 is 2.82 bits per heavy atom. The van der Waals surface area contributed by atoms with Crippen LogP contribution in [-0.2, 0) is 21.9 Å². The zero-order chi connectivity index (χ0) is 12.6. The molecule has 2 rings (SSSR count). The van der Waals surface area contributed by atoms with Crippen LogP contribution in [0.5, 0.6) is 0 Å². The van der Waals surface area contributed by atoms with Gasteiger partial charge in [0.05, 0.1) is 6.33 Å². The highest BCUT2D eigenvalue weighted by molar-refractivity contribution is 7.89. The van der Waals surface area contributed by atoms with E-state index in [0.29, 0.717) is 0 Å². The average Bonchev–Trinajstić information content (AvgIpc) is 2.75. The molecule has 2 heterocycles. The summed E-state index contributed by atoms with van der Waals surface area (Å²) in [5.74, 6) is -0.176. The lowest BCUT2D eigenvalue weighted by Gasteiger charge is -2.09. The van der Waals surface area contributed by atoms with Crippen molar-refractivity contribution in [1.29, 1.82) is 0 Å². The van der Waals surface area contributed by atoms with Crippen molar-refractivity contribution in [2.75, 3.05) is 6.54 Å². The van der Waals surface area contributed by atoms with Crippen LogP contribution >= 0.6 is 11.6 Å². The molecule has 1 aliphatic rings. The quantitative estimate of drug-likeness (QED) is 0.760. The number of aryl methyl sites for hydroxylation is 1. The number of amides is 1. The smallest absolute Gasteiger partial charge is 0.261 e. The number of hydrogen-bond acceptors (Lipinski definition) is 4. The third kappa shape index (κ3) is 2.43. The number of sulfonamides is 1. The zero-order valence-electron chi connectivity index (χ0n) is 8.97. The fourth-order valence-corrected chi connectivity index (χ4v) is 3.20. The number of rotatable bonds is 3. The maximum absolute atomic E-state index is 11.9. The van der Waals surface area contributed by atoms with E-state index in [1.165, 1.54) is 10.9 Å². The van der Waals surface area contributed by atoms with E-state index in [1.54, 1.807) is 7.05 Å². The van der Waals surface area contributed by atoms with E-state index in [9.17, 15) is 13.2 Å². The molecule has 1 unspecified atom stereocenters. The molecule has 0 aromatic carbocycles. The fraction of sp³-hybridized carbons (Fsp3) is 0.500. The Hall–Kier alpha value is -1.12. The summed E-state index contributed by atoms with van der Waals surface area (Å²) in [6, 6.07) is -0.453. The van der Waals surface area contributed by atoms with Crippen molar-refractivity contribution in [3.05, 3.63) is 11.5 Å². The molecule has 0 bridgehead atoms. The lowest BCUT2D eigenvalue weighted by atomic mass is 10.3. The van der Waals surface area contributed by atoms with Crippen LogP contribution in [0.1, 0.15) is 6.42 Å². The molecular formula is C8H11ClN4O3S. The van der Waals surface area contributed by atoms with E-state index in [1.807, 2.05) is 0 Å². The first kappa shape index (κ1) is 12.3. The van der Waals surface area contributed by atoms with Crippen LogP contribution in [0.15, 0.2) is 11.4 Å². The van der Waals surface area contributed by atoms with Crippen molar-refractivity contribution in [3.63, 3.8) is 0 Å². The second-order valence-corrected chi connectivity index (χ2v) is 5.77. The van der Waals surface area contributed by atoms with E-state index < -0.39 is 16.1 Å². The summed E-state index contributed by atoms with van der Waals surface area (Å²) in [5, 5.41) is 2.35. The summed E-state index contributed by atoms with van der Waals surface area (Å²) >= 11 is 5.81. The number of nitrogens with zero attached hydrogens (tertiary/aromatic N) is 2. The lowest BCUT2D eigenvalue weighted by Crippen LogP contribution is -2.36. The number of aromatic nitrogens is 2. The summed E-state index contributed by atoms with van der Waals surface area (Å²) in [5.41, 5.74) is 0. The van der Waals surface area contributed by atoms with Gasteiger partial charge in [-0.25, -0.2) is 18.1 Å². The van der Waals surface area contributed by atoms with Gasteiger partial charge in [-0.15, -0.1) is 0 Å². The molecule has 17 heavy (non-hydrogen) atoms. The Labute approximate surface area is 103 Å². The minimum Gasteiger partial charge on any atom is -0.354 e. The van der Waals surface area contributed by atoms with Crippen LogP contribution < -0.4 is 10.0 Å². The van der Waals surface area contributed by atoms with Gasteiger partial charge >= 0.3 is 0 Å². The topological polar surface area (TPSA) is 93.1 Å². The van der Waals surface area contributed by atoms with E-state index in [2.05, 4.69) is 15.0 Å². The monoisotopic (exact) mass is 278 g/mol. The molecule has 94 valence electrons. The van der Waals surface area contributed by atoms with E-state index in [4.69, 9.17) is 11.6 Å². The van der Waals surface area contributed by atoms with Crippen LogP contribution in [0, 0.1) is 0 Å². The molecular weight excluding hydrogens is 268 g/mol. The number of imidazole rings is 1. The first-order valence-corrected chi connectivity index (χ1v) is 6.72. The second kappa shape index (κ2) is 4.28. The molecule has 0 aliphatic carbocycles. The SMILES string of the molecule is Cn1cnc(S(=O)(=O)NC2CNC(=O)C2)c1Cl. The molecule has 1 amide bonds. The van der Waals surface area contributed by atoms with Gasteiger partial charge in [-0.3, -0.25) is 4.79 Å². The highest BCUT2D eigenvalue weighted by atomic mass is 35.5. The number of hydrogen-bond donors (Lipinski definition) is 2. The molecule has 2 N–H and O–H groups in total. The standard InChI is InChI=1S/C8H11ClN4O3S/c1-13-4-11-8(7(13)9)17(15,16)12-5-2-6(14)10-3-5/h4-5,12H,2-3H2,1H3,(H,10,14). The third-order valence-electron chi connectivity index (χ3n) is 2.39. The van der Waals surface area contributed by atoms with Crippen molar-refractivity contribution < 1.29 is 13.2 Å². The van der Waals surface area contributed by atoms with Gasteiger partial charge in [-0.05, 0) is 0 Å². The van der Waals surface area contributed by atoms with Gasteiger partial charge in [0.25, 0.3) is 10.0 Å². The van der Waals surface area contributed by atoms with Crippen LogP contribution in [0.4, 0.5) is 0 Å². The van der Waals surface area contributed by atoms with Gasteiger partial charge in [-0.1, -0.05) is 11.6 Å². The fourth-order valence-electron chi connectivity index (χ4n) is 1.54. The van der Waals surface area contributed by atoms with Gasteiger partial charge in [0.1, 0.15) is 5.15 Å². The van der Waals surface area contributed by atoms with Crippen molar-refractivity contribution >= 4 is 27.5 Å². The van der Waals surface area contributed by atoms with Crippen molar-refractivity contribution in [2.45, 2.75) is 17.5 Å². The lowest BCUT2D eigenvalue weighted by molar-refractivity contribution is -0.119. The Morgan fingerprint density at radius 2 is 2.35 bits per heavy atom. The largest absolute Gasteiger partial charge is 0.354 e. The summed E-state index contributed by atoms with van der Waals surface area (Å²) in [6.45, 7) is 0.280. The van der Waals surface area contributed by atoms with E-state index in [0.717, 1.165) is 0 Å². The Morgan fingerprint density at radius 1 is 1.65 bits per heavy atom. The highest BCUT2D eigenvalue weighted by Gasteiger charge is 2.29. The molecule has 1 aromatic heterocycles. The van der Waals surface area contributed by atoms with Crippen LogP contribution in [0.25, 0.3) is 0 Å². The van der Waals surface area contributed by atoms with Gasteiger partial charge in [0, 0.05) is 26.1 Å². The number of nitrogens with one attached hydrogen (secondary N) is 2. The molecule has 9 heteroatoms. The van der Waals surface area contributed by atoms with Gasteiger partial charge in [0.15, 0.2) is 0 Å². The molecule has 7 nitrogen and oxygen atoms in total. The maximum Gasteiger partial charge on any atom is 0.261 e. The molecule has 1 atom stereocenters. The van der Waals surface area contributed by atoms with Crippen LogP contribution in [0.3, 0.4) is 0 Å². The predicted octanol–water partition coefficient (Wildman–Crippen LogP) is -0.760. The van der Waals surface area contributed by atoms with Gasteiger partial charge < -0.3 is 9.88 Å². The molecule has 1 aromatic rings. The molecule has 1 saturated heterocycles. The number of carbonyl (C=O) groups excluding carboxylic acids is 1. The van der Waals surface area contributed by atoms with Gasteiger partial charge in [-0.2, -0.15) is 0 Å². The Balaban J connectivity index is 2.20. The zero-order valence-corrected chi connectivity index (χ0v) is 10.5. The highest BCUT2D eigenvalue weighted by Crippen LogP contribution is 2.19. The third-order valence-corrected chi connectivity index (χ3v) is 4.40. The average molecular weight is 279 g/mol. The van der Waals surface area contributed by atoms with Crippen molar-refractivity contribution in [3.8, 4) is 0 Å². The molecule has 0 radical (unpaired) electrons. The van der Waals surface area contributed by atoms with Crippen LogP contribution in [-0.4, -0.2) is 36.5 Å². The van der Waals surface area contributed by atoms with Crippen molar-refractivity contribution in [1.82, 2.24) is 19.6 Å². The second-order valence-electron chi connectivity index (χ2n) is 3.78. The van der Waals surface area contributed by atoms with E-state index >= 15 is 0 Å². The molecule has 1 fully saturated rings. The number of carbonyl (C=O) groups is 1. The Bertz CT molecular complexity index is 553. The van der Waals surface area contributed by atoms with Gasteiger partial charge in [0.2, 0.25) is 10.9 Å². The summed E-state index contributed by atoms with van der Waals surface area (Å²) in [7, 11) is -2.19. The Kier molecular flexibility index (Phi) is 3.11.